The number of hydrogen-bond donors (Lipinski definition) is 0. The zero-order chi connectivity index (χ0) is 8.39. The van der Waals surface area contributed by atoms with E-state index >= 15 is 0 Å². The van der Waals surface area contributed by atoms with Crippen LogP contribution < -0.4 is 0 Å². The van der Waals surface area contributed by atoms with Crippen LogP contribution in [0.1, 0.15) is 32.1 Å². The summed E-state index contributed by atoms with van der Waals surface area (Å²) in [6.07, 6.45) is 9.68. The summed E-state index contributed by atoms with van der Waals surface area (Å²) in [5.74, 6) is 0.371. The van der Waals surface area contributed by atoms with Crippen molar-refractivity contribution in [2.45, 2.75) is 38.1 Å². The Kier molecular flexibility index (Phi) is 2.15. The fourth-order valence-corrected chi connectivity index (χ4v) is 2.10. The van der Waals surface area contributed by atoms with E-state index in [-0.39, 0.29) is 0 Å². The molecule has 0 unspecified atom stereocenters. The third-order valence-electron chi connectivity index (χ3n) is 2.80. The summed E-state index contributed by atoms with van der Waals surface area (Å²) in [5, 5.41) is 0. The number of nitrogens with zero attached hydrogens (tertiary/aromatic N) is 1. The molecule has 0 spiro atoms. The molecular formula is C10H15NO. The van der Waals surface area contributed by atoms with Gasteiger partial charge in [0.1, 0.15) is 0 Å². The lowest BCUT2D eigenvalue weighted by atomic mass is 10.1. The SMILES string of the molecule is O=C1CC[C@H]2C/C=C\CCCN12. The maximum absolute atomic E-state index is 11.4. The molecule has 0 aromatic heterocycles. The molecular weight excluding hydrogens is 150 g/mol. The Balaban J connectivity index is 2.08. The third kappa shape index (κ3) is 1.38. The summed E-state index contributed by atoms with van der Waals surface area (Å²) in [6, 6.07) is 0.522. The van der Waals surface area contributed by atoms with Crippen LogP contribution in [0.4, 0.5) is 0 Å². The van der Waals surface area contributed by atoms with Crippen molar-refractivity contribution < 1.29 is 4.79 Å². The predicted molar refractivity (Wildman–Crippen MR) is 47.7 cm³/mol. The number of amides is 1. The van der Waals surface area contributed by atoms with E-state index in [1.54, 1.807) is 0 Å². The average molecular weight is 165 g/mol. The van der Waals surface area contributed by atoms with Gasteiger partial charge in [-0.25, -0.2) is 0 Å². The van der Waals surface area contributed by atoms with Gasteiger partial charge < -0.3 is 4.90 Å². The summed E-state index contributed by atoms with van der Waals surface area (Å²) in [4.78, 5) is 13.4. The highest BCUT2D eigenvalue weighted by Crippen LogP contribution is 2.23. The van der Waals surface area contributed by atoms with Crippen LogP contribution >= 0.6 is 0 Å². The number of hydrogen-bond acceptors (Lipinski definition) is 1. The molecule has 0 aromatic rings. The van der Waals surface area contributed by atoms with Crippen molar-refractivity contribution >= 4 is 5.91 Å². The van der Waals surface area contributed by atoms with Crippen molar-refractivity contribution in [1.82, 2.24) is 4.90 Å². The molecule has 2 rings (SSSR count). The van der Waals surface area contributed by atoms with Gasteiger partial charge in [0.25, 0.3) is 0 Å². The lowest BCUT2D eigenvalue weighted by Gasteiger charge is -2.24. The molecule has 0 N–H and O–H groups in total. The van der Waals surface area contributed by atoms with Crippen LogP contribution in [0, 0.1) is 0 Å². The van der Waals surface area contributed by atoms with E-state index in [1.807, 2.05) is 0 Å². The maximum atomic E-state index is 11.4. The fraction of sp³-hybridized carbons (Fsp3) is 0.700. The summed E-state index contributed by atoms with van der Waals surface area (Å²) < 4.78 is 0. The van der Waals surface area contributed by atoms with Gasteiger partial charge >= 0.3 is 0 Å². The Morgan fingerprint density at radius 2 is 2.33 bits per heavy atom. The molecule has 0 bridgehead atoms. The minimum atomic E-state index is 0.371. The van der Waals surface area contributed by atoms with Gasteiger partial charge in [-0.05, 0) is 25.7 Å². The van der Waals surface area contributed by atoms with E-state index < -0.39 is 0 Å². The second-order valence-corrected chi connectivity index (χ2v) is 3.63. The van der Waals surface area contributed by atoms with Gasteiger partial charge in [-0.15, -0.1) is 0 Å². The summed E-state index contributed by atoms with van der Waals surface area (Å²) in [6.45, 7) is 0.980. The highest BCUT2D eigenvalue weighted by atomic mass is 16.2. The highest BCUT2D eigenvalue weighted by Gasteiger charge is 2.29. The molecule has 2 heteroatoms. The van der Waals surface area contributed by atoms with Crippen LogP contribution in [0.2, 0.25) is 0 Å². The average Bonchev–Trinajstić information content (AvgIpc) is 2.31. The monoisotopic (exact) mass is 165 g/mol. The normalized spacial score (nSPS) is 32.5. The first-order chi connectivity index (χ1) is 5.88. The topological polar surface area (TPSA) is 20.3 Å². The second kappa shape index (κ2) is 3.30. The lowest BCUT2D eigenvalue weighted by Crippen LogP contribution is -2.34. The van der Waals surface area contributed by atoms with Crippen molar-refractivity contribution in [3.8, 4) is 0 Å². The van der Waals surface area contributed by atoms with Crippen LogP contribution in [-0.2, 0) is 4.79 Å². The zero-order valence-electron chi connectivity index (χ0n) is 7.33. The van der Waals surface area contributed by atoms with E-state index in [1.165, 1.54) is 0 Å². The molecule has 2 aliphatic rings. The van der Waals surface area contributed by atoms with Gasteiger partial charge in [0.2, 0.25) is 5.91 Å². The summed E-state index contributed by atoms with van der Waals surface area (Å²) >= 11 is 0. The van der Waals surface area contributed by atoms with Crippen LogP contribution in [0.5, 0.6) is 0 Å². The van der Waals surface area contributed by atoms with Gasteiger partial charge in [0, 0.05) is 19.0 Å². The minimum absolute atomic E-state index is 0.371. The molecule has 1 saturated heterocycles. The Morgan fingerprint density at radius 3 is 3.25 bits per heavy atom. The molecule has 2 heterocycles. The van der Waals surface area contributed by atoms with Crippen molar-refractivity contribution in [2.24, 2.45) is 0 Å². The van der Waals surface area contributed by atoms with E-state index in [4.69, 9.17) is 0 Å². The van der Waals surface area contributed by atoms with Crippen molar-refractivity contribution in [3.05, 3.63) is 12.2 Å². The van der Waals surface area contributed by atoms with Gasteiger partial charge in [0.05, 0.1) is 0 Å². The van der Waals surface area contributed by atoms with E-state index in [2.05, 4.69) is 17.1 Å². The van der Waals surface area contributed by atoms with E-state index in [9.17, 15) is 4.79 Å². The minimum Gasteiger partial charge on any atom is -0.339 e. The van der Waals surface area contributed by atoms with Crippen molar-refractivity contribution in [3.63, 3.8) is 0 Å². The molecule has 0 saturated carbocycles. The molecule has 66 valence electrons. The first kappa shape index (κ1) is 7.84. The van der Waals surface area contributed by atoms with Gasteiger partial charge in [-0.2, -0.15) is 0 Å². The fourth-order valence-electron chi connectivity index (χ4n) is 2.10. The number of fused-ring (bicyclic) bond motifs is 1. The molecule has 12 heavy (non-hydrogen) atoms. The second-order valence-electron chi connectivity index (χ2n) is 3.63. The van der Waals surface area contributed by atoms with E-state index in [0.29, 0.717) is 11.9 Å². The van der Waals surface area contributed by atoms with Crippen LogP contribution in [0.3, 0.4) is 0 Å². The largest absolute Gasteiger partial charge is 0.339 e. The third-order valence-corrected chi connectivity index (χ3v) is 2.80. The van der Waals surface area contributed by atoms with Gasteiger partial charge in [-0.3, -0.25) is 4.79 Å². The molecule has 2 aliphatic heterocycles. The van der Waals surface area contributed by atoms with Gasteiger partial charge in [-0.1, -0.05) is 12.2 Å². The molecule has 0 radical (unpaired) electrons. The van der Waals surface area contributed by atoms with Crippen LogP contribution in [-0.4, -0.2) is 23.4 Å². The number of carbonyl (C=O) groups is 1. The molecule has 1 amide bonds. The Bertz CT molecular complexity index is 210. The molecule has 1 atom stereocenters. The predicted octanol–water partition coefficient (Wildman–Crippen LogP) is 1.72. The maximum Gasteiger partial charge on any atom is 0.222 e. The number of allylic oxidation sites excluding steroid dienone is 1. The van der Waals surface area contributed by atoms with Gasteiger partial charge in [0.15, 0.2) is 0 Å². The van der Waals surface area contributed by atoms with Crippen molar-refractivity contribution in [2.75, 3.05) is 6.54 Å². The quantitative estimate of drug-likeness (QED) is 0.500. The Hall–Kier alpha value is -0.790. The molecule has 0 aromatic carbocycles. The standard InChI is InChI=1S/C10H15NO/c12-10-7-6-9-5-3-1-2-4-8-11(9)10/h1,3,9H,2,4-8H2/b3-1-/t9-/m1/s1. The molecule has 0 aliphatic carbocycles. The lowest BCUT2D eigenvalue weighted by molar-refractivity contribution is -0.129. The molecule has 2 nitrogen and oxygen atoms in total. The number of carbonyl (C=O) groups excluding carboxylic acids is 1. The van der Waals surface area contributed by atoms with Crippen LogP contribution in [0.15, 0.2) is 12.2 Å². The van der Waals surface area contributed by atoms with Crippen LogP contribution in [0.25, 0.3) is 0 Å². The Labute approximate surface area is 73.2 Å². The smallest absolute Gasteiger partial charge is 0.222 e. The summed E-state index contributed by atoms with van der Waals surface area (Å²) in [5.41, 5.74) is 0. The highest BCUT2D eigenvalue weighted by molar-refractivity contribution is 5.78. The number of rotatable bonds is 0. The first-order valence-corrected chi connectivity index (χ1v) is 4.82. The van der Waals surface area contributed by atoms with Crippen molar-refractivity contribution in [1.29, 1.82) is 0 Å². The Morgan fingerprint density at radius 1 is 1.42 bits per heavy atom. The van der Waals surface area contributed by atoms with E-state index in [0.717, 1.165) is 38.6 Å². The summed E-state index contributed by atoms with van der Waals surface area (Å²) in [7, 11) is 0. The first-order valence-electron chi connectivity index (χ1n) is 4.82. The zero-order valence-corrected chi connectivity index (χ0v) is 7.33. The molecule has 1 fully saturated rings.